The molecule has 5 aromatic rings. The number of H-pyrrole nitrogens is 2. The van der Waals surface area contributed by atoms with Crippen molar-refractivity contribution in [3.05, 3.63) is 43.0 Å². The van der Waals surface area contributed by atoms with Crippen LogP contribution in [0.3, 0.4) is 0 Å². The Labute approximate surface area is 220 Å². The number of imidazole rings is 1. The number of piperidine rings is 1. The van der Waals surface area contributed by atoms with Crippen molar-refractivity contribution in [2.75, 3.05) is 44.2 Å². The molecule has 0 aromatic carbocycles. The SMILES string of the molecule is c1cc2[nH]c(-c3n[nH]c4ncc(-c5cncc(OCCN6CCCC6)c5)cc34)nc2c(N2CCCCC2)n1. The van der Waals surface area contributed by atoms with Crippen LogP contribution in [-0.4, -0.2) is 79.3 Å². The van der Waals surface area contributed by atoms with Gasteiger partial charge in [0.2, 0.25) is 0 Å². The average Bonchev–Trinajstić information content (AvgIpc) is 3.73. The molecular formula is C28H31N9O. The molecule has 0 amide bonds. The van der Waals surface area contributed by atoms with Gasteiger partial charge in [0, 0.05) is 49.4 Å². The number of aromatic nitrogens is 7. The molecule has 10 nitrogen and oxygen atoms in total. The summed E-state index contributed by atoms with van der Waals surface area (Å²) < 4.78 is 6.02. The molecule has 0 atom stereocenters. The van der Waals surface area contributed by atoms with Crippen molar-refractivity contribution < 1.29 is 4.74 Å². The van der Waals surface area contributed by atoms with E-state index in [1.807, 2.05) is 30.7 Å². The number of likely N-dealkylation sites (tertiary alicyclic amines) is 1. The number of hydrogen-bond acceptors (Lipinski definition) is 8. The molecule has 0 unspecified atom stereocenters. The predicted octanol–water partition coefficient (Wildman–Crippen LogP) is 4.42. The summed E-state index contributed by atoms with van der Waals surface area (Å²) in [5.74, 6) is 2.41. The van der Waals surface area contributed by atoms with Crippen LogP contribution in [0.4, 0.5) is 5.82 Å². The third-order valence-electron chi connectivity index (χ3n) is 7.60. The first kappa shape index (κ1) is 23.1. The average molecular weight is 510 g/mol. The minimum absolute atomic E-state index is 0.661. The summed E-state index contributed by atoms with van der Waals surface area (Å²) in [4.78, 5) is 26.9. The van der Waals surface area contributed by atoms with E-state index in [9.17, 15) is 0 Å². The van der Waals surface area contributed by atoms with Crippen molar-refractivity contribution in [3.8, 4) is 28.4 Å². The molecule has 194 valence electrons. The summed E-state index contributed by atoms with van der Waals surface area (Å²) in [5.41, 5.74) is 5.19. The van der Waals surface area contributed by atoms with Gasteiger partial charge < -0.3 is 14.6 Å². The van der Waals surface area contributed by atoms with Gasteiger partial charge in [0.1, 0.15) is 23.6 Å². The van der Waals surface area contributed by atoms with Gasteiger partial charge in [0.05, 0.1) is 17.1 Å². The number of ether oxygens (including phenoxy) is 1. The number of fused-ring (bicyclic) bond motifs is 2. The highest BCUT2D eigenvalue weighted by Crippen LogP contribution is 2.32. The maximum atomic E-state index is 6.02. The van der Waals surface area contributed by atoms with Crippen LogP contribution in [0.1, 0.15) is 32.1 Å². The van der Waals surface area contributed by atoms with Gasteiger partial charge in [-0.15, -0.1) is 0 Å². The van der Waals surface area contributed by atoms with E-state index in [4.69, 9.17) is 9.72 Å². The van der Waals surface area contributed by atoms with Crippen LogP contribution in [0.25, 0.3) is 44.7 Å². The van der Waals surface area contributed by atoms with E-state index in [2.05, 4.69) is 46.0 Å². The number of aromatic amines is 2. The molecule has 0 saturated carbocycles. The lowest BCUT2D eigenvalue weighted by atomic mass is 10.1. The third kappa shape index (κ3) is 4.45. The van der Waals surface area contributed by atoms with Gasteiger partial charge >= 0.3 is 0 Å². The Morgan fingerprint density at radius 3 is 2.63 bits per heavy atom. The van der Waals surface area contributed by atoms with E-state index < -0.39 is 0 Å². The second-order valence-electron chi connectivity index (χ2n) is 10.2. The van der Waals surface area contributed by atoms with E-state index in [0.29, 0.717) is 18.1 Å². The van der Waals surface area contributed by atoms with Gasteiger partial charge in [-0.25, -0.2) is 15.0 Å². The van der Waals surface area contributed by atoms with Gasteiger partial charge in [0.25, 0.3) is 0 Å². The molecule has 2 N–H and O–H groups in total. The summed E-state index contributed by atoms with van der Waals surface area (Å²) in [6.07, 6.45) is 13.5. The number of rotatable bonds is 7. The smallest absolute Gasteiger partial charge is 0.159 e. The molecule has 38 heavy (non-hydrogen) atoms. The molecule has 7 rings (SSSR count). The van der Waals surface area contributed by atoms with Crippen molar-refractivity contribution in [3.63, 3.8) is 0 Å². The standard InChI is InChI=1S/C28H31N9O/c1-2-10-37(11-3-1)28-25-23(6-7-30-28)32-27(33-25)24-22-15-20(17-31-26(22)35-34-24)19-14-21(18-29-16-19)38-13-12-36-8-4-5-9-36/h6-7,14-18H,1-5,8-13H2,(H,32,33)(H,31,34,35). The van der Waals surface area contributed by atoms with E-state index in [1.54, 1.807) is 6.20 Å². The lowest BCUT2D eigenvalue weighted by Gasteiger charge is -2.27. The third-order valence-corrected chi connectivity index (χ3v) is 7.60. The summed E-state index contributed by atoms with van der Waals surface area (Å²) in [6.45, 7) is 5.98. The van der Waals surface area contributed by atoms with Gasteiger partial charge in [-0.1, -0.05) is 0 Å². The van der Waals surface area contributed by atoms with Crippen molar-refractivity contribution in [2.24, 2.45) is 0 Å². The zero-order chi connectivity index (χ0) is 25.3. The molecule has 10 heteroatoms. The lowest BCUT2D eigenvalue weighted by molar-refractivity contribution is 0.237. The molecular weight excluding hydrogens is 478 g/mol. The summed E-state index contributed by atoms with van der Waals surface area (Å²) in [7, 11) is 0. The molecule has 0 bridgehead atoms. The Morgan fingerprint density at radius 1 is 0.895 bits per heavy atom. The predicted molar refractivity (Wildman–Crippen MR) is 147 cm³/mol. The van der Waals surface area contributed by atoms with Crippen molar-refractivity contribution in [1.82, 2.24) is 40.0 Å². The quantitative estimate of drug-likeness (QED) is 0.332. The molecule has 0 spiro atoms. The number of pyridine rings is 3. The monoisotopic (exact) mass is 509 g/mol. The molecule has 2 aliphatic heterocycles. The highest BCUT2D eigenvalue weighted by molar-refractivity contribution is 5.95. The number of nitrogens with zero attached hydrogens (tertiary/aromatic N) is 7. The Bertz CT molecular complexity index is 1560. The molecule has 2 fully saturated rings. The maximum Gasteiger partial charge on any atom is 0.159 e. The van der Waals surface area contributed by atoms with Crippen LogP contribution in [0.5, 0.6) is 5.75 Å². The van der Waals surface area contributed by atoms with Crippen LogP contribution < -0.4 is 9.64 Å². The molecule has 0 aliphatic carbocycles. The summed E-state index contributed by atoms with van der Waals surface area (Å²) in [5, 5.41) is 8.53. The highest BCUT2D eigenvalue weighted by atomic mass is 16.5. The Morgan fingerprint density at radius 2 is 1.74 bits per heavy atom. The zero-order valence-electron chi connectivity index (χ0n) is 21.4. The topological polar surface area (TPSA) is 112 Å². The van der Waals surface area contributed by atoms with Gasteiger partial charge in [-0.05, 0) is 63.4 Å². The fraction of sp³-hybridized carbons (Fsp3) is 0.393. The van der Waals surface area contributed by atoms with Crippen molar-refractivity contribution >= 4 is 27.9 Å². The van der Waals surface area contributed by atoms with E-state index in [0.717, 1.165) is 64.4 Å². The van der Waals surface area contributed by atoms with E-state index in [-0.39, 0.29) is 0 Å². The molecule has 2 saturated heterocycles. The Kier molecular flexibility index (Phi) is 6.09. The van der Waals surface area contributed by atoms with E-state index >= 15 is 0 Å². The second-order valence-corrected chi connectivity index (χ2v) is 10.2. The van der Waals surface area contributed by atoms with Crippen LogP contribution in [-0.2, 0) is 0 Å². The molecule has 2 aliphatic rings. The number of hydrogen-bond donors (Lipinski definition) is 2. The van der Waals surface area contributed by atoms with Gasteiger partial charge in [-0.3, -0.25) is 15.0 Å². The number of anilines is 1. The fourth-order valence-electron chi connectivity index (χ4n) is 5.57. The second kappa shape index (κ2) is 10.0. The minimum atomic E-state index is 0.661. The van der Waals surface area contributed by atoms with Crippen LogP contribution in [0.15, 0.2) is 43.0 Å². The van der Waals surface area contributed by atoms with Crippen molar-refractivity contribution in [1.29, 1.82) is 0 Å². The first-order valence-electron chi connectivity index (χ1n) is 13.6. The lowest BCUT2D eigenvalue weighted by Crippen LogP contribution is -2.30. The van der Waals surface area contributed by atoms with Crippen LogP contribution in [0, 0.1) is 0 Å². The first-order chi connectivity index (χ1) is 18.8. The van der Waals surface area contributed by atoms with E-state index in [1.165, 1.54) is 45.2 Å². The van der Waals surface area contributed by atoms with Crippen LogP contribution >= 0.6 is 0 Å². The normalized spacial score (nSPS) is 16.6. The first-order valence-corrected chi connectivity index (χ1v) is 13.6. The zero-order valence-corrected chi connectivity index (χ0v) is 21.4. The fourth-order valence-corrected chi connectivity index (χ4v) is 5.57. The number of nitrogens with one attached hydrogen (secondary N) is 2. The molecule has 5 aromatic heterocycles. The Balaban J connectivity index is 1.18. The highest BCUT2D eigenvalue weighted by Gasteiger charge is 2.20. The minimum Gasteiger partial charge on any atom is -0.491 e. The maximum absolute atomic E-state index is 6.02. The Hall–Kier alpha value is -4.05. The van der Waals surface area contributed by atoms with Crippen LogP contribution in [0.2, 0.25) is 0 Å². The van der Waals surface area contributed by atoms with Gasteiger partial charge in [-0.2, -0.15) is 5.10 Å². The summed E-state index contributed by atoms with van der Waals surface area (Å²) in [6, 6.07) is 6.08. The largest absolute Gasteiger partial charge is 0.491 e. The molecule has 7 heterocycles. The van der Waals surface area contributed by atoms with Crippen molar-refractivity contribution in [2.45, 2.75) is 32.1 Å². The summed E-state index contributed by atoms with van der Waals surface area (Å²) >= 11 is 0. The molecule has 0 radical (unpaired) electrons. The van der Waals surface area contributed by atoms with Gasteiger partial charge in [0.15, 0.2) is 17.3 Å².